The number of hydrogen-bond donors (Lipinski definition) is 2. The molecule has 0 bridgehead atoms. The van der Waals surface area contributed by atoms with Gasteiger partial charge in [0.25, 0.3) is 0 Å². The third kappa shape index (κ3) is 2.67. The van der Waals surface area contributed by atoms with E-state index in [0.29, 0.717) is 12.8 Å². The molecule has 21 heavy (non-hydrogen) atoms. The van der Waals surface area contributed by atoms with Crippen LogP contribution in [0.15, 0.2) is 24.3 Å². The van der Waals surface area contributed by atoms with Crippen LogP contribution in [0.25, 0.3) is 0 Å². The third-order valence-electron chi connectivity index (χ3n) is 5.08. The van der Waals surface area contributed by atoms with Crippen LogP contribution in [0.3, 0.4) is 0 Å². The van der Waals surface area contributed by atoms with Crippen LogP contribution in [0.2, 0.25) is 0 Å². The van der Waals surface area contributed by atoms with Crippen molar-refractivity contribution in [3.63, 3.8) is 0 Å². The van der Waals surface area contributed by atoms with Crippen molar-refractivity contribution >= 4 is 11.9 Å². The van der Waals surface area contributed by atoms with Gasteiger partial charge in [-0.25, -0.2) is 0 Å². The number of fused-ring (bicyclic) bond motifs is 1. The molecule has 1 unspecified atom stereocenters. The Labute approximate surface area is 124 Å². The first-order valence-corrected chi connectivity index (χ1v) is 7.69. The lowest BCUT2D eigenvalue weighted by Gasteiger charge is -2.38. The van der Waals surface area contributed by atoms with Crippen LogP contribution in [-0.2, 0) is 22.4 Å². The molecule has 0 aliphatic heterocycles. The number of carboxylic acid groups (broad SMARTS) is 1. The largest absolute Gasteiger partial charge is 0.481 e. The lowest BCUT2D eigenvalue weighted by Crippen LogP contribution is -2.49. The Bertz CT molecular complexity index is 563. The summed E-state index contributed by atoms with van der Waals surface area (Å²) in [5, 5.41) is 12.2. The van der Waals surface area contributed by atoms with Crippen molar-refractivity contribution in [2.75, 3.05) is 6.54 Å². The molecule has 112 valence electrons. The quantitative estimate of drug-likeness (QED) is 0.892. The molecule has 1 saturated carbocycles. The fourth-order valence-electron chi connectivity index (χ4n) is 3.39. The zero-order chi connectivity index (χ0) is 14.9. The molecule has 1 atom stereocenters. The molecule has 4 nitrogen and oxygen atoms in total. The predicted octanol–water partition coefficient (Wildman–Crippen LogP) is 2.16. The van der Waals surface area contributed by atoms with E-state index in [-0.39, 0.29) is 18.4 Å². The highest BCUT2D eigenvalue weighted by atomic mass is 16.4. The van der Waals surface area contributed by atoms with Gasteiger partial charge in [0.05, 0.1) is 5.41 Å². The van der Waals surface area contributed by atoms with Crippen LogP contribution in [0.1, 0.15) is 36.8 Å². The molecule has 2 aliphatic rings. The number of carbonyl (C=O) groups is 2. The van der Waals surface area contributed by atoms with Crippen LogP contribution in [0.5, 0.6) is 0 Å². The molecule has 0 saturated heterocycles. The molecular formula is C17H21NO3. The Morgan fingerprint density at radius 3 is 2.57 bits per heavy atom. The van der Waals surface area contributed by atoms with Crippen LogP contribution in [0, 0.1) is 11.3 Å². The number of benzene rings is 1. The first-order chi connectivity index (χ1) is 10.1. The molecule has 2 aliphatic carbocycles. The fraction of sp³-hybridized carbons (Fsp3) is 0.529. The lowest BCUT2D eigenvalue weighted by atomic mass is 9.68. The van der Waals surface area contributed by atoms with E-state index in [1.165, 1.54) is 11.1 Å². The summed E-state index contributed by atoms with van der Waals surface area (Å²) in [4.78, 5) is 23.6. The van der Waals surface area contributed by atoms with E-state index in [1.54, 1.807) is 0 Å². The van der Waals surface area contributed by atoms with Crippen molar-refractivity contribution in [2.45, 2.75) is 38.5 Å². The number of carboxylic acids is 1. The number of rotatable bonds is 4. The fourth-order valence-corrected chi connectivity index (χ4v) is 3.39. The van der Waals surface area contributed by atoms with Crippen molar-refractivity contribution in [1.82, 2.24) is 5.32 Å². The van der Waals surface area contributed by atoms with Crippen molar-refractivity contribution in [3.05, 3.63) is 35.4 Å². The van der Waals surface area contributed by atoms with E-state index in [0.717, 1.165) is 25.7 Å². The van der Waals surface area contributed by atoms with Gasteiger partial charge in [-0.3, -0.25) is 9.59 Å². The van der Waals surface area contributed by atoms with E-state index in [2.05, 4.69) is 17.4 Å². The molecule has 2 N–H and O–H groups in total. The molecule has 0 heterocycles. The average molecular weight is 287 g/mol. The molecule has 3 rings (SSSR count). The van der Waals surface area contributed by atoms with Gasteiger partial charge in [0.2, 0.25) is 5.91 Å². The molecule has 1 amide bonds. The number of nitrogens with one attached hydrogen (secondary N) is 1. The van der Waals surface area contributed by atoms with Crippen molar-refractivity contribution < 1.29 is 14.7 Å². The van der Waals surface area contributed by atoms with E-state index < -0.39 is 11.4 Å². The van der Waals surface area contributed by atoms with Gasteiger partial charge in [-0.15, -0.1) is 0 Å². The van der Waals surface area contributed by atoms with Crippen molar-refractivity contribution in [1.29, 1.82) is 0 Å². The first kappa shape index (κ1) is 14.1. The van der Waals surface area contributed by atoms with E-state index >= 15 is 0 Å². The van der Waals surface area contributed by atoms with Gasteiger partial charge in [-0.2, -0.15) is 0 Å². The summed E-state index contributed by atoms with van der Waals surface area (Å²) < 4.78 is 0. The van der Waals surface area contributed by atoms with E-state index in [1.807, 2.05) is 12.1 Å². The molecule has 1 aromatic carbocycles. The summed E-state index contributed by atoms with van der Waals surface area (Å²) in [6.07, 6.45) is 4.84. The topological polar surface area (TPSA) is 66.4 Å². The maximum Gasteiger partial charge on any atom is 0.311 e. The van der Waals surface area contributed by atoms with Crippen LogP contribution < -0.4 is 5.32 Å². The van der Waals surface area contributed by atoms with Gasteiger partial charge in [-0.05, 0) is 43.2 Å². The van der Waals surface area contributed by atoms with E-state index in [4.69, 9.17) is 0 Å². The molecule has 4 heteroatoms. The molecule has 0 radical (unpaired) electrons. The van der Waals surface area contributed by atoms with Gasteiger partial charge in [0.1, 0.15) is 0 Å². The van der Waals surface area contributed by atoms with Gasteiger partial charge < -0.3 is 10.4 Å². The zero-order valence-electron chi connectivity index (χ0n) is 12.1. The van der Waals surface area contributed by atoms with Crippen LogP contribution in [-0.4, -0.2) is 23.5 Å². The van der Waals surface area contributed by atoms with Gasteiger partial charge in [0, 0.05) is 12.5 Å². The lowest BCUT2D eigenvalue weighted by molar-refractivity contribution is -0.154. The average Bonchev–Trinajstić information content (AvgIpc) is 2.45. The number of aryl methyl sites for hydroxylation is 1. The Kier molecular flexibility index (Phi) is 3.70. The summed E-state index contributed by atoms with van der Waals surface area (Å²) in [5.74, 6) is -0.786. The Morgan fingerprint density at radius 2 is 1.95 bits per heavy atom. The molecule has 1 aromatic rings. The number of amides is 1. The number of aliphatic carboxylic acids is 1. The maximum atomic E-state index is 12.3. The van der Waals surface area contributed by atoms with Gasteiger partial charge >= 0.3 is 5.97 Å². The smallest absolute Gasteiger partial charge is 0.311 e. The predicted molar refractivity (Wildman–Crippen MR) is 78.9 cm³/mol. The second kappa shape index (κ2) is 5.51. The Hall–Kier alpha value is -1.84. The summed E-state index contributed by atoms with van der Waals surface area (Å²) in [6.45, 7) is 0.277. The minimum atomic E-state index is -0.775. The molecular weight excluding hydrogens is 266 g/mol. The highest BCUT2D eigenvalue weighted by Gasteiger charge is 2.44. The SMILES string of the molecule is O=C(NCC1(C(=O)O)CCC1)C1CCc2ccccc2C1. The highest BCUT2D eigenvalue weighted by Crippen LogP contribution is 2.40. The summed E-state index contributed by atoms with van der Waals surface area (Å²) in [5.41, 5.74) is 1.88. The first-order valence-electron chi connectivity index (χ1n) is 7.69. The summed E-state index contributed by atoms with van der Waals surface area (Å²) >= 11 is 0. The standard InChI is InChI=1S/C17H21NO3/c19-15(18-11-17(16(20)21)8-3-9-17)14-7-6-12-4-1-2-5-13(12)10-14/h1-2,4-5,14H,3,6-11H2,(H,18,19)(H,20,21). The molecule has 0 spiro atoms. The van der Waals surface area contributed by atoms with Gasteiger partial charge in [0.15, 0.2) is 0 Å². The minimum Gasteiger partial charge on any atom is -0.481 e. The molecule has 1 fully saturated rings. The number of carbonyl (C=O) groups excluding carboxylic acids is 1. The normalized spacial score (nSPS) is 22.8. The minimum absolute atomic E-state index is 0.0111. The van der Waals surface area contributed by atoms with Crippen molar-refractivity contribution in [2.24, 2.45) is 11.3 Å². The summed E-state index contributed by atoms with van der Waals surface area (Å²) in [6, 6.07) is 8.25. The number of hydrogen-bond acceptors (Lipinski definition) is 2. The monoisotopic (exact) mass is 287 g/mol. The highest BCUT2D eigenvalue weighted by molar-refractivity contribution is 5.81. The van der Waals surface area contributed by atoms with Crippen LogP contribution in [0.4, 0.5) is 0 Å². The van der Waals surface area contributed by atoms with Crippen LogP contribution >= 0.6 is 0 Å². The van der Waals surface area contributed by atoms with E-state index in [9.17, 15) is 14.7 Å². The zero-order valence-corrected chi connectivity index (χ0v) is 12.1. The second-order valence-electron chi connectivity index (χ2n) is 6.37. The molecule has 0 aromatic heterocycles. The third-order valence-corrected chi connectivity index (χ3v) is 5.08. The Balaban J connectivity index is 1.59. The Morgan fingerprint density at radius 1 is 1.24 bits per heavy atom. The second-order valence-corrected chi connectivity index (χ2v) is 6.37. The maximum absolute atomic E-state index is 12.3. The summed E-state index contributed by atoms with van der Waals surface area (Å²) in [7, 11) is 0. The van der Waals surface area contributed by atoms with Gasteiger partial charge in [-0.1, -0.05) is 30.7 Å². The van der Waals surface area contributed by atoms with Crippen molar-refractivity contribution in [3.8, 4) is 0 Å².